The van der Waals surface area contributed by atoms with Gasteiger partial charge in [0.1, 0.15) is 0 Å². The average molecular weight is 266 g/mol. The minimum atomic E-state index is -4.10. The van der Waals surface area contributed by atoms with Crippen LogP contribution in [0.1, 0.15) is 33.1 Å². The number of alkyl halides is 3. The van der Waals surface area contributed by atoms with E-state index in [-0.39, 0.29) is 5.41 Å². The van der Waals surface area contributed by atoms with E-state index in [1.807, 2.05) is 7.05 Å². The van der Waals surface area contributed by atoms with Gasteiger partial charge in [-0.15, -0.1) is 0 Å². The van der Waals surface area contributed by atoms with Crippen LogP contribution >= 0.6 is 0 Å². The van der Waals surface area contributed by atoms with Crippen molar-refractivity contribution in [1.82, 2.24) is 10.2 Å². The smallest absolute Gasteiger partial charge is 0.316 e. The zero-order valence-corrected chi connectivity index (χ0v) is 11.8. The number of hydrogen-bond acceptors (Lipinski definition) is 2. The number of rotatable bonds is 4. The Morgan fingerprint density at radius 3 is 2.44 bits per heavy atom. The van der Waals surface area contributed by atoms with Crippen molar-refractivity contribution in [3.05, 3.63) is 0 Å². The summed E-state index contributed by atoms with van der Waals surface area (Å²) in [5.41, 5.74) is 0.163. The molecule has 0 heterocycles. The van der Waals surface area contributed by atoms with Crippen LogP contribution in [0.4, 0.5) is 13.2 Å². The predicted octanol–water partition coefficient (Wildman–Crippen LogP) is 2.89. The van der Waals surface area contributed by atoms with Crippen LogP contribution in [0.5, 0.6) is 0 Å². The predicted molar refractivity (Wildman–Crippen MR) is 67.5 cm³/mol. The van der Waals surface area contributed by atoms with E-state index < -0.39 is 12.7 Å². The molecule has 1 aliphatic rings. The fourth-order valence-electron chi connectivity index (χ4n) is 3.37. The second-order valence-corrected chi connectivity index (χ2v) is 6.22. The third-order valence-electron chi connectivity index (χ3n) is 4.02. The molecule has 0 aromatic heterocycles. The van der Waals surface area contributed by atoms with Gasteiger partial charge < -0.3 is 5.32 Å². The molecule has 2 atom stereocenters. The Hall–Kier alpha value is -0.290. The Balaban J connectivity index is 2.59. The molecule has 0 spiro atoms. The lowest BCUT2D eigenvalue weighted by Crippen LogP contribution is -2.51. The van der Waals surface area contributed by atoms with Crippen molar-refractivity contribution in [3.63, 3.8) is 0 Å². The van der Waals surface area contributed by atoms with Crippen LogP contribution in [0.15, 0.2) is 0 Å². The SMILES string of the molecule is CNC1C(CN(C)CC(F)(F)F)CCCC1(C)C. The largest absolute Gasteiger partial charge is 0.401 e. The van der Waals surface area contributed by atoms with Gasteiger partial charge in [-0.1, -0.05) is 20.3 Å². The molecule has 1 rings (SSSR count). The average Bonchev–Trinajstić information content (AvgIpc) is 2.13. The maximum Gasteiger partial charge on any atom is 0.401 e. The molecule has 0 radical (unpaired) electrons. The summed E-state index contributed by atoms with van der Waals surface area (Å²) in [5.74, 6) is 0.297. The fourth-order valence-corrected chi connectivity index (χ4v) is 3.37. The first-order chi connectivity index (χ1) is 8.15. The molecule has 0 aliphatic heterocycles. The fraction of sp³-hybridized carbons (Fsp3) is 1.00. The zero-order chi connectivity index (χ0) is 14.0. The van der Waals surface area contributed by atoms with Gasteiger partial charge in [0, 0.05) is 12.6 Å². The number of nitrogens with one attached hydrogen (secondary N) is 1. The lowest BCUT2D eigenvalue weighted by molar-refractivity contribution is -0.145. The molecule has 2 unspecified atom stereocenters. The third-order valence-corrected chi connectivity index (χ3v) is 4.02. The summed E-state index contributed by atoms with van der Waals surface area (Å²) in [4.78, 5) is 1.40. The Labute approximate surface area is 108 Å². The van der Waals surface area contributed by atoms with Crippen molar-refractivity contribution >= 4 is 0 Å². The van der Waals surface area contributed by atoms with E-state index in [1.54, 1.807) is 7.05 Å². The molecule has 1 N–H and O–H groups in total. The van der Waals surface area contributed by atoms with Gasteiger partial charge in [-0.3, -0.25) is 4.90 Å². The van der Waals surface area contributed by atoms with Crippen LogP contribution in [-0.4, -0.2) is 44.3 Å². The van der Waals surface area contributed by atoms with Gasteiger partial charge in [-0.25, -0.2) is 0 Å². The molecule has 18 heavy (non-hydrogen) atoms. The van der Waals surface area contributed by atoms with Crippen molar-refractivity contribution in [2.24, 2.45) is 11.3 Å². The van der Waals surface area contributed by atoms with Gasteiger partial charge in [-0.2, -0.15) is 13.2 Å². The highest BCUT2D eigenvalue weighted by molar-refractivity contribution is 4.93. The molecule has 0 aromatic rings. The Kier molecular flexibility index (Phi) is 5.06. The van der Waals surface area contributed by atoms with Crippen molar-refractivity contribution in [1.29, 1.82) is 0 Å². The van der Waals surface area contributed by atoms with Crippen molar-refractivity contribution in [2.45, 2.75) is 45.3 Å². The van der Waals surface area contributed by atoms with E-state index in [2.05, 4.69) is 19.2 Å². The first-order valence-electron chi connectivity index (χ1n) is 6.58. The first-order valence-corrected chi connectivity index (χ1v) is 6.58. The van der Waals surface area contributed by atoms with E-state index in [4.69, 9.17) is 0 Å². The molecule has 1 aliphatic carbocycles. The van der Waals surface area contributed by atoms with E-state index in [0.29, 0.717) is 18.5 Å². The van der Waals surface area contributed by atoms with Gasteiger partial charge >= 0.3 is 6.18 Å². The van der Waals surface area contributed by atoms with Crippen LogP contribution in [-0.2, 0) is 0 Å². The summed E-state index contributed by atoms with van der Waals surface area (Å²) in [6.07, 6.45) is -0.848. The maximum atomic E-state index is 12.3. The van der Waals surface area contributed by atoms with Crippen molar-refractivity contribution in [2.75, 3.05) is 27.2 Å². The van der Waals surface area contributed by atoms with Crippen LogP contribution in [0, 0.1) is 11.3 Å². The standard InChI is InChI=1S/C13H25F3N2/c1-12(2)7-5-6-10(11(12)17-3)8-18(4)9-13(14,15)16/h10-11,17H,5-9H2,1-4H3. The highest BCUT2D eigenvalue weighted by atomic mass is 19.4. The van der Waals surface area contributed by atoms with E-state index in [1.165, 1.54) is 4.90 Å². The molecular formula is C13H25F3N2. The highest BCUT2D eigenvalue weighted by Crippen LogP contribution is 2.39. The van der Waals surface area contributed by atoms with E-state index in [0.717, 1.165) is 19.3 Å². The van der Waals surface area contributed by atoms with E-state index in [9.17, 15) is 13.2 Å². The van der Waals surface area contributed by atoms with Crippen molar-refractivity contribution in [3.8, 4) is 0 Å². The van der Waals surface area contributed by atoms with Gasteiger partial charge in [0.15, 0.2) is 0 Å². The van der Waals surface area contributed by atoms with Crippen molar-refractivity contribution < 1.29 is 13.2 Å². The summed E-state index contributed by atoms with van der Waals surface area (Å²) < 4.78 is 37.0. The first kappa shape index (κ1) is 15.8. The summed E-state index contributed by atoms with van der Waals surface area (Å²) >= 11 is 0. The molecule has 108 valence electrons. The Bertz CT molecular complexity index is 263. The maximum absolute atomic E-state index is 12.3. The Morgan fingerprint density at radius 1 is 1.33 bits per heavy atom. The molecule has 5 heteroatoms. The summed E-state index contributed by atoms with van der Waals surface area (Å²) in [5, 5.41) is 3.30. The Morgan fingerprint density at radius 2 is 1.94 bits per heavy atom. The molecule has 0 amide bonds. The lowest BCUT2D eigenvalue weighted by Gasteiger charge is -2.45. The van der Waals surface area contributed by atoms with Crippen LogP contribution in [0.25, 0.3) is 0 Å². The topological polar surface area (TPSA) is 15.3 Å². The third kappa shape index (κ3) is 4.43. The molecule has 0 saturated heterocycles. The lowest BCUT2D eigenvalue weighted by atomic mass is 9.68. The van der Waals surface area contributed by atoms with Crippen LogP contribution in [0.3, 0.4) is 0 Å². The minimum absolute atomic E-state index is 0.163. The quantitative estimate of drug-likeness (QED) is 0.841. The highest BCUT2D eigenvalue weighted by Gasteiger charge is 2.39. The molecule has 1 fully saturated rings. The molecule has 2 nitrogen and oxygen atoms in total. The normalized spacial score (nSPS) is 28.7. The summed E-state index contributed by atoms with van der Waals surface area (Å²) in [7, 11) is 3.47. The summed E-state index contributed by atoms with van der Waals surface area (Å²) in [6.45, 7) is 4.09. The second kappa shape index (κ2) is 5.78. The van der Waals surface area contributed by atoms with Gasteiger partial charge in [-0.05, 0) is 38.3 Å². The van der Waals surface area contributed by atoms with Gasteiger partial charge in [0.25, 0.3) is 0 Å². The molecule has 0 aromatic carbocycles. The van der Waals surface area contributed by atoms with Gasteiger partial charge in [0.2, 0.25) is 0 Å². The monoisotopic (exact) mass is 266 g/mol. The molecule has 1 saturated carbocycles. The molecule has 0 bridgehead atoms. The minimum Gasteiger partial charge on any atom is -0.316 e. The second-order valence-electron chi connectivity index (χ2n) is 6.22. The van der Waals surface area contributed by atoms with Gasteiger partial charge in [0.05, 0.1) is 6.54 Å². The zero-order valence-electron chi connectivity index (χ0n) is 11.8. The van der Waals surface area contributed by atoms with E-state index >= 15 is 0 Å². The summed E-state index contributed by atoms with van der Waals surface area (Å²) in [6, 6.07) is 0.293. The number of hydrogen-bond donors (Lipinski definition) is 1. The number of halogens is 3. The van der Waals surface area contributed by atoms with Crippen LogP contribution < -0.4 is 5.32 Å². The molecular weight excluding hydrogens is 241 g/mol. The van der Waals surface area contributed by atoms with Crippen LogP contribution in [0.2, 0.25) is 0 Å². The number of nitrogens with zero attached hydrogens (tertiary/aromatic N) is 1.